The molecule has 0 radical (unpaired) electrons. The summed E-state index contributed by atoms with van der Waals surface area (Å²) >= 11 is 1.52. The van der Waals surface area contributed by atoms with Gasteiger partial charge in [0.1, 0.15) is 0 Å². The standard InChI is InChI=1S/C8H16O3S/c9-3-8(10)5-12-6-11-4-7-1-2-7/h7-10H,1-6H2. The lowest BCUT2D eigenvalue weighted by atomic mass is 10.4. The van der Waals surface area contributed by atoms with Gasteiger partial charge in [0.15, 0.2) is 0 Å². The van der Waals surface area contributed by atoms with Crippen molar-refractivity contribution in [2.45, 2.75) is 18.9 Å². The van der Waals surface area contributed by atoms with Crippen LogP contribution in [0.15, 0.2) is 0 Å². The van der Waals surface area contributed by atoms with Crippen LogP contribution >= 0.6 is 11.8 Å². The number of aliphatic hydroxyl groups is 2. The number of thioether (sulfide) groups is 1. The molecule has 0 spiro atoms. The Morgan fingerprint density at radius 3 is 2.83 bits per heavy atom. The van der Waals surface area contributed by atoms with E-state index in [1.807, 2.05) is 0 Å². The van der Waals surface area contributed by atoms with E-state index in [1.165, 1.54) is 24.6 Å². The van der Waals surface area contributed by atoms with Crippen molar-refractivity contribution >= 4 is 11.8 Å². The molecule has 1 atom stereocenters. The first-order valence-electron chi connectivity index (χ1n) is 4.27. The highest BCUT2D eigenvalue weighted by molar-refractivity contribution is 7.99. The molecule has 0 aromatic rings. The lowest BCUT2D eigenvalue weighted by Crippen LogP contribution is -2.15. The fourth-order valence-corrected chi connectivity index (χ4v) is 1.48. The van der Waals surface area contributed by atoms with E-state index in [0.29, 0.717) is 11.7 Å². The monoisotopic (exact) mass is 192 g/mol. The molecular formula is C8H16O3S. The number of hydrogen-bond acceptors (Lipinski definition) is 4. The third-order valence-corrected chi connectivity index (χ3v) is 2.69. The molecule has 0 heterocycles. The number of ether oxygens (including phenoxy) is 1. The second-order valence-electron chi connectivity index (χ2n) is 3.14. The van der Waals surface area contributed by atoms with Gasteiger partial charge in [0.05, 0.1) is 25.3 Å². The Morgan fingerprint density at radius 2 is 2.25 bits per heavy atom. The molecule has 3 nitrogen and oxygen atoms in total. The Labute approximate surface area is 77.1 Å². The molecular weight excluding hydrogens is 176 g/mol. The zero-order valence-corrected chi connectivity index (χ0v) is 7.92. The normalized spacial score (nSPS) is 19.5. The van der Waals surface area contributed by atoms with E-state index in [-0.39, 0.29) is 6.61 Å². The Balaban J connectivity index is 1.75. The maximum absolute atomic E-state index is 8.95. The second kappa shape index (κ2) is 5.80. The van der Waals surface area contributed by atoms with E-state index in [0.717, 1.165) is 12.5 Å². The summed E-state index contributed by atoms with van der Waals surface area (Å²) in [5.74, 6) is 1.99. The lowest BCUT2D eigenvalue weighted by Gasteiger charge is -2.06. The number of hydrogen-bond donors (Lipinski definition) is 2. The molecule has 1 aliphatic carbocycles. The highest BCUT2D eigenvalue weighted by Gasteiger charge is 2.20. The molecule has 1 fully saturated rings. The summed E-state index contributed by atoms with van der Waals surface area (Å²) in [5, 5.41) is 17.4. The second-order valence-corrected chi connectivity index (χ2v) is 4.12. The van der Waals surface area contributed by atoms with Crippen LogP contribution in [0.4, 0.5) is 0 Å². The van der Waals surface area contributed by atoms with E-state index < -0.39 is 6.10 Å². The van der Waals surface area contributed by atoms with Crippen LogP contribution in [0.2, 0.25) is 0 Å². The molecule has 12 heavy (non-hydrogen) atoms. The van der Waals surface area contributed by atoms with Crippen molar-refractivity contribution in [1.29, 1.82) is 0 Å². The van der Waals surface area contributed by atoms with Crippen LogP contribution in [0.5, 0.6) is 0 Å². The Hall–Kier alpha value is 0.230. The first-order chi connectivity index (χ1) is 5.83. The predicted octanol–water partition coefficient (Wildman–Crippen LogP) is 0.457. The van der Waals surface area contributed by atoms with E-state index in [9.17, 15) is 0 Å². The molecule has 1 unspecified atom stereocenters. The van der Waals surface area contributed by atoms with E-state index >= 15 is 0 Å². The maximum Gasteiger partial charge on any atom is 0.0921 e. The highest BCUT2D eigenvalue weighted by Crippen LogP contribution is 2.29. The summed E-state index contributed by atoms with van der Waals surface area (Å²) in [6.07, 6.45) is 2.02. The van der Waals surface area contributed by atoms with Crippen LogP contribution in [-0.4, -0.2) is 41.2 Å². The minimum atomic E-state index is -0.598. The van der Waals surface area contributed by atoms with Crippen LogP contribution in [0.1, 0.15) is 12.8 Å². The van der Waals surface area contributed by atoms with Crippen molar-refractivity contribution in [3.8, 4) is 0 Å². The number of aliphatic hydroxyl groups excluding tert-OH is 2. The van der Waals surface area contributed by atoms with Crippen molar-refractivity contribution in [2.24, 2.45) is 5.92 Å². The van der Waals surface area contributed by atoms with Gasteiger partial charge in [0.25, 0.3) is 0 Å². The predicted molar refractivity (Wildman–Crippen MR) is 49.1 cm³/mol. The van der Waals surface area contributed by atoms with Gasteiger partial charge in [-0.3, -0.25) is 0 Å². The molecule has 0 aromatic heterocycles. The van der Waals surface area contributed by atoms with Crippen molar-refractivity contribution in [2.75, 3.05) is 24.9 Å². The highest BCUT2D eigenvalue weighted by atomic mass is 32.2. The topological polar surface area (TPSA) is 49.7 Å². The average Bonchev–Trinajstić information content (AvgIpc) is 2.87. The van der Waals surface area contributed by atoms with Crippen molar-refractivity contribution in [3.05, 3.63) is 0 Å². The van der Waals surface area contributed by atoms with Gasteiger partial charge >= 0.3 is 0 Å². The maximum atomic E-state index is 8.95. The molecule has 0 aromatic carbocycles. The van der Waals surface area contributed by atoms with Crippen LogP contribution in [0, 0.1) is 5.92 Å². The van der Waals surface area contributed by atoms with Gasteiger partial charge in [-0.1, -0.05) is 0 Å². The fourth-order valence-electron chi connectivity index (χ4n) is 0.795. The zero-order chi connectivity index (χ0) is 8.81. The van der Waals surface area contributed by atoms with E-state index in [4.69, 9.17) is 14.9 Å². The fraction of sp³-hybridized carbons (Fsp3) is 1.00. The molecule has 4 heteroatoms. The van der Waals surface area contributed by atoms with Crippen molar-refractivity contribution < 1.29 is 14.9 Å². The molecule has 1 aliphatic rings. The quantitative estimate of drug-likeness (QED) is 0.454. The summed E-state index contributed by atoms with van der Waals surface area (Å²) in [6.45, 7) is 0.706. The van der Waals surface area contributed by atoms with Gasteiger partial charge in [-0.15, -0.1) is 11.8 Å². The van der Waals surface area contributed by atoms with E-state index in [2.05, 4.69) is 0 Å². The van der Waals surface area contributed by atoms with Crippen LogP contribution in [0.25, 0.3) is 0 Å². The smallest absolute Gasteiger partial charge is 0.0921 e. The molecule has 1 saturated carbocycles. The van der Waals surface area contributed by atoms with Gasteiger partial charge < -0.3 is 14.9 Å². The summed E-state index contributed by atoms with van der Waals surface area (Å²) in [5.41, 5.74) is 0. The average molecular weight is 192 g/mol. The van der Waals surface area contributed by atoms with Gasteiger partial charge in [-0.2, -0.15) is 0 Å². The summed E-state index contributed by atoms with van der Waals surface area (Å²) < 4.78 is 5.32. The third-order valence-electron chi connectivity index (χ3n) is 1.74. The molecule has 2 N–H and O–H groups in total. The lowest BCUT2D eigenvalue weighted by molar-refractivity contribution is 0.112. The molecule has 72 valence electrons. The summed E-state index contributed by atoms with van der Waals surface area (Å²) in [7, 11) is 0. The zero-order valence-electron chi connectivity index (χ0n) is 7.11. The molecule has 0 bridgehead atoms. The minimum absolute atomic E-state index is 0.157. The first kappa shape index (κ1) is 10.3. The molecule has 0 saturated heterocycles. The Bertz CT molecular complexity index is 117. The summed E-state index contributed by atoms with van der Waals surface area (Å²) in [6, 6.07) is 0. The van der Waals surface area contributed by atoms with Gasteiger partial charge in [0.2, 0.25) is 0 Å². The van der Waals surface area contributed by atoms with Gasteiger partial charge in [-0.05, 0) is 18.8 Å². The van der Waals surface area contributed by atoms with Crippen molar-refractivity contribution in [3.63, 3.8) is 0 Å². The molecule has 1 rings (SSSR count). The van der Waals surface area contributed by atoms with Crippen LogP contribution in [0.3, 0.4) is 0 Å². The van der Waals surface area contributed by atoms with Crippen LogP contribution in [-0.2, 0) is 4.74 Å². The molecule has 0 aliphatic heterocycles. The van der Waals surface area contributed by atoms with Gasteiger partial charge in [-0.25, -0.2) is 0 Å². The Morgan fingerprint density at radius 1 is 1.50 bits per heavy atom. The van der Waals surface area contributed by atoms with Crippen molar-refractivity contribution in [1.82, 2.24) is 0 Å². The number of rotatable bonds is 7. The molecule has 0 amide bonds. The van der Waals surface area contributed by atoms with Crippen LogP contribution < -0.4 is 0 Å². The SMILES string of the molecule is OCC(O)CSCOCC1CC1. The largest absolute Gasteiger partial charge is 0.394 e. The van der Waals surface area contributed by atoms with E-state index in [1.54, 1.807) is 0 Å². The summed E-state index contributed by atoms with van der Waals surface area (Å²) in [4.78, 5) is 0. The first-order valence-corrected chi connectivity index (χ1v) is 5.43. The third kappa shape index (κ3) is 4.98. The minimum Gasteiger partial charge on any atom is -0.394 e. The Kier molecular flexibility index (Phi) is 4.99. The van der Waals surface area contributed by atoms with Gasteiger partial charge in [0, 0.05) is 5.75 Å².